The maximum absolute atomic E-state index is 12.5. The van der Waals surface area contributed by atoms with Gasteiger partial charge in [0.25, 0.3) is 0 Å². The summed E-state index contributed by atoms with van der Waals surface area (Å²) in [5.74, 6) is 1.54. The van der Waals surface area contributed by atoms with Gasteiger partial charge in [-0.1, -0.05) is 42.1 Å². The number of anilines is 1. The molecule has 1 N–H and O–H groups in total. The third-order valence-electron chi connectivity index (χ3n) is 4.18. The maximum Gasteiger partial charge on any atom is 0.234 e. The zero-order chi connectivity index (χ0) is 20.9. The minimum absolute atomic E-state index is 0.101. The van der Waals surface area contributed by atoms with Crippen LogP contribution in [0.3, 0.4) is 0 Å². The number of ether oxygens (including phenoxy) is 1. The number of methoxy groups -OCH3 is 1. The fraction of sp³-hybridized carbons (Fsp3) is 0.0952. The summed E-state index contributed by atoms with van der Waals surface area (Å²) < 4.78 is 8.48. The Hall–Kier alpha value is -2.37. The van der Waals surface area contributed by atoms with E-state index in [1.54, 1.807) is 18.4 Å². The van der Waals surface area contributed by atoms with Crippen molar-refractivity contribution in [2.45, 2.75) is 5.16 Å². The van der Waals surface area contributed by atoms with Crippen molar-refractivity contribution in [3.05, 3.63) is 69.6 Å². The minimum atomic E-state index is -0.101. The Morgan fingerprint density at radius 3 is 2.70 bits per heavy atom. The molecule has 0 bridgehead atoms. The van der Waals surface area contributed by atoms with Crippen LogP contribution in [-0.2, 0) is 4.79 Å². The lowest BCUT2D eigenvalue weighted by molar-refractivity contribution is -0.113. The van der Waals surface area contributed by atoms with Gasteiger partial charge in [0.1, 0.15) is 5.75 Å². The van der Waals surface area contributed by atoms with Crippen LogP contribution >= 0.6 is 45.7 Å². The highest BCUT2D eigenvalue weighted by Gasteiger charge is 2.20. The van der Waals surface area contributed by atoms with E-state index in [4.69, 9.17) is 4.74 Å². The van der Waals surface area contributed by atoms with E-state index in [-0.39, 0.29) is 11.7 Å². The van der Waals surface area contributed by atoms with E-state index in [1.165, 1.54) is 11.8 Å². The second-order valence-corrected chi connectivity index (χ2v) is 9.16. The van der Waals surface area contributed by atoms with Crippen LogP contribution in [0.2, 0.25) is 0 Å². The number of nitrogens with zero attached hydrogens (tertiary/aromatic N) is 3. The Bertz CT molecular complexity index is 1160. The summed E-state index contributed by atoms with van der Waals surface area (Å²) in [7, 11) is 1.63. The summed E-state index contributed by atoms with van der Waals surface area (Å²) in [5, 5.41) is 14.3. The molecule has 4 aromatic rings. The van der Waals surface area contributed by atoms with Crippen LogP contribution in [0.1, 0.15) is 0 Å². The molecular weight excluding hydrogens is 531 g/mol. The molecular formula is C21H17IN4O2S2. The number of aromatic nitrogens is 3. The predicted molar refractivity (Wildman–Crippen MR) is 130 cm³/mol. The SMILES string of the molecule is COc1ccccc1-n1c(SCC(=O)Nc2ccccc2I)nnc1-c1cccs1. The normalized spacial score (nSPS) is 10.7. The van der Waals surface area contributed by atoms with Crippen LogP contribution in [0.5, 0.6) is 5.75 Å². The van der Waals surface area contributed by atoms with Gasteiger partial charge in [0.15, 0.2) is 11.0 Å². The van der Waals surface area contributed by atoms with Crippen molar-refractivity contribution in [1.82, 2.24) is 14.8 Å². The van der Waals surface area contributed by atoms with Gasteiger partial charge in [-0.25, -0.2) is 0 Å². The van der Waals surface area contributed by atoms with Gasteiger partial charge in [0, 0.05) is 3.57 Å². The first-order chi connectivity index (χ1) is 14.7. The molecule has 0 fully saturated rings. The summed E-state index contributed by atoms with van der Waals surface area (Å²) in [6, 6.07) is 19.4. The number of rotatable bonds is 7. The Balaban J connectivity index is 1.62. The van der Waals surface area contributed by atoms with Gasteiger partial charge >= 0.3 is 0 Å². The van der Waals surface area contributed by atoms with Crippen molar-refractivity contribution < 1.29 is 9.53 Å². The predicted octanol–water partition coefficient (Wildman–Crippen LogP) is 5.34. The van der Waals surface area contributed by atoms with Crippen LogP contribution in [0, 0.1) is 3.57 Å². The van der Waals surface area contributed by atoms with E-state index in [0.717, 1.165) is 25.6 Å². The quantitative estimate of drug-likeness (QED) is 0.250. The van der Waals surface area contributed by atoms with Crippen molar-refractivity contribution >= 4 is 57.3 Å². The van der Waals surface area contributed by atoms with Gasteiger partial charge in [-0.3, -0.25) is 9.36 Å². The molecule has 4 rings (SSSR count). The summed E-state index contributed by atoms with van der Waals surface area (Å²) in [6.07, 6.45) is 0. The molecule has 0 saturated carbocycles. The first kappa shape index (κ1) is 20.9. The van der Waals surface area contributed by atoms with E-state index in [9.17, 15) is 4.79 Å². The van der Waals surface area contributed by atoms with Crippen molar-refractivity contribution in [3.63, 3.8) is 0 Å². The molecule has 0 spiro atoms. The first-order valence-electron chi connectivity index (χ1n) is 8.97. The lowest BCUT2D eigenvalue weighted by Crippen LogP contribution is -2.15. The largest absolute Gasteiger partial charge is 0.495 e. The molecule has 2 aromatic carbocycles. The number of nitrogens with one attached hydrogen (secondary N) is 1. The van der Waals surface area contributed by atoms with Crippen molar-refractivity contribution in [1.29, 1.82) is 0 Å². The molecule has 0 aliphatic heterocycles. The molecule has 9 heteroatoms. The third kappa shape index (κ3) is 4.52. The molecule has 0 atom stereocenters. The number of thiophene rings is 1. The second-order valence-electron chi connectivity index (χ2n) is 6.11. The van der Waals surface area contributed by atoms with E-state index in [0.29, 0.717) is 10.9 Å². The van der Waals surface area contributed by atoms with Crippen LogP contribution in [-0.4, -0.2) is 33.5 Å². The summed E-state index contributed by atoms with van der Waals surface area (Å²) in [6.45, 7) is 0. The summed E-state index contributed by atoms with van der Waals surface area (Å²) in [5.41, 5.74) is 1.63. The Kier molecular flexibility index (Phi) is 6.70. The number of halogens is 1. The van der Waals surface area contributed by atoms with E-state index in [1.807, 2.05) is 70.6 Å². The molecule has 2 aromatic heterocycles. The molecule has 152 valence electrons. The zero-order valence-corrected chi connectivity index (χ0v) is 19.7. The molecule has 2 heterocycles. The van der Waals surface area contributed by atoms with Crippen LogP contribution < -0.4 is 10.1 Å². The molecule has 1 amide bonds. The maximum atomic E-state index is 12.5. The molecule has 0 unspecified atom stereocenters. The number of carbonyl (C=O) groups is 1. The number of thioether (sulfide) groups is 1. The van der Waals surface area contributed by atoms with E-state index < -0.39 is 0 Å². The van der Waals surface area contributed by atoms with Gasteiger partial charge < -0.3 is 10.1 Å². The van der Waals surface area contributed by atoms with Gasteiger partial charge in [-0.15, -0.1) is 21.5 Å². The fourth-order valence-electron chi connectivity index (χ4n) is 2.84. The van der Waals surface area contributed by atoms with Crippen molar-refractivity contribution in [2.75, 3.05) is 18.2 Å². The van der Waals surface area contributed by atoms with Gasteiger partial charge in [0.05, 0.1) is 29.1 Å². The lowest BCUT2D eigenvalue weighted by atomic mass is 10.3. The third-order valence-corrected chi connectivity index (χ3v) is 6.92. The topological polar surface area (TPSA) is 69.0 Å². The highest BCUT2D eigenvalue weighted by Crippen LogP contribution is 2.34. The monoisotopic (exact) mass is 548 g/mol. The average Bonchev–Trinajstić information content (AvgIpc) is 3.43. The van der Waals surface area contributed by atoms with Crippen molar-refractivity contribution in [2.24, 2.45) is 0 Å². The fourth-order valence-corrected chi connectivity index (χ4v) is 4.80. The Labute approximate surface area is 195 Å². The van der Waals surface area contributed by atoms with Crippen molar-refractivity contribution in [3.8, 4) is 22.1 Å². The molecule has 0 aliphatic rings. The molecule has 30 heavy (non-hydrogen) atoms. The molecule has 0 saturated heterocycles. The van der Waals surface area contributed by atoms with Crippen LogP contribution in [0.25, 0.3) is 16.4 Å². The van der Waals surface area contributed by atoms with Gasteiger partial charge in [-0.2, -0.15) is 0 Å². The molecule has 0 aliphatic carbocycles. The van der Waals surface area contributed by atoms with Crippen LogP contribution in [0.4, 0.5) is 5.69 Å². The minimum Gasteiger partial charge on any atom is -0.495 e. The van der Waals surface area contributed by atoms with E-state index in [2.05, 4.69) is 38.1 Å². The number of para-hydroxylation sites is 3. The number of carbonyl (C=O) groups excluding carboxylic acids is 1. The number of hydrogen-bond acceptors (Lipinski definition) is 6. The standard InChI is InChI=1S/C21H17IN4O2S2/c1-28-17-10-5-4-9-16(17)26-20(18-11-6-12-29-18)24-25-21(26)30-13-19(27)23-15-8-3-2-7-14(15)22/h2-12H,13H2,1H3,(H,23,27). The van der Waals surface area contributed by atoms with Gasteiger partial charge in [-0.05, 0) is 58.3 Å². The Morgan fingerprint density at radius 1 is 1.13 bits per heavy atom. The highest BCUT2D eigenvalue weighted by molar-refractivity contribution is 14.1. The summed E-state index contributed by atoms with van der Waals surface area (Å²) in [4.78, 5) is 13.5. The number of hydrogen-bond donors (Lipinski definition) is 1. The lowest BCUT2D eigenvalue weighted by Gasteiger charge is -2.13. The van der Waals surface area contributed by atoms with Gasteiger partial charge in [0.2, 0.25) is 5.91 Å². The smallest absolute Gasteiger partial charge is 0.234 e. The van der Waals surface area contributed by atoms with E-state index >= 15 is 0 Å². The number of benzene rings is 2. The first-order valence-corrected chi connectivity index (χ1v) is 11.9. The highest BCUT2D eigenvalue weighted by atomic mass is 127. The Morgan fingerprint density at radius 2 is 1.93 bits per heavy atom. The summed E-state index contributed by atoms with van der Waals surface area (Å²) >= 11 is 5.13. The molecule has 0 radical (unpaired) electrons. The molecule has 6 nitrogen and oxygen atoms in total. The average molecular weight is 548 g/mol. The number of amides is 1. The van der Waals surface area contributed by atoms with Crippen LogP contribution in [0.15, 0.2) is 71.2 Å². The second kappa shape index (κ2) is 9.63. The zero-order valence-electron chi connectivity index (χ0n) is 15.9.